The van der Waals surface area contributed by atoms with Crippen molar-refractivity contribution in [2.24, 2.45) is 17.3 Å². The molecule has 1 aliphatic carbocycles. The molecule has 0 bridgehead atoms. The number of rotatable bonds is 3. The van der Waals surface area contributed by atoms with Crippen LogP contribution in [0, 0.1) is 23.1 Å². The van der Waals surface area contributed by atoms with Crippen LogP contribution >= 0.6 is 15.9 Å². The van der Waals surface area contributed by atoms with Gasteiger partial charge in [-0.15, -0.1) is 0 Å². The fourth-order valence-electron chi connectivity index (χ4n) is 3.36. The molecule has 0 heterocycles. The smallest absolute Gasteiger partial charge is 0.165 e. The molecule has 3 unspecified atom stereocenters. The number of benzene rings is 1. The summed E-state index contributed by atoms with van der Waals surface area (Å²) in [6, 6.07) is 5.35. The number of alkyl halides is 1. The largest absolute Gasteiger partial charge is 0.494 e. The number of methoxy groups -OCH3 is 1. The number of hydrogen-bond acceptors (Lipinski definition) is 1. The average molecular weight is 357 g/mol. The Kier molecular flexibility index (Phi) is 5.34. The van der Waals surface area contributed by atoms with E-state index in [1.54, 1.807) is 12.1 Å². The molecular weight excluding hydrogens is 331 g/mol. The van der Waals surface area contributed by atoms with Crippen molar-refractivity contribution >= 4 is 15.9 Å². The Bertz CT molecular complexity index is 481. The van der Waals surface area contributed by atoms with E-state index >= 15 is 0 Å². The van der Waals surface area contributed by atoms with Crippen molar-refractivity contribution < 1.29 is 9.13 Å². The molecule has 1 aromatic carbocycles. The lowest BCUT2D eigenvalue weighted by Crippen LogP contribution is -2.33. The summed E-state index contributed by atoms with van der Waals surface area (Å²) >= 11 is 3.83. The van der Waals surface area contributed by atoms with E-state index in [2.05, 4.69) is 36.7 Å². The second-order valence-electron chi connectivity index (χ2n) is 7.33. The van der Waals surface area contributed by atoms with Crippen LogP contribution in [0.25, 0.3) is 0 Å². The zero-order chi connectivity index (χ0) is 15.6. The summed E-state index contributed by atoms with van der Waals surface area (Å²) in [5.41, 5.74) is 1.42. The molecule has 1 saturated carbocycles. The van der Waals surface area contributed by atoms with Gasteiger partial charge in [-0.3, -0.25) is 0 Å². The third-order valence-corrected chi connectivity index (χ3v) is 6.03. The Hall–Kier alpha value is -0.570. The van der Waals surface area contributed by atoms with Gasteiger partial charge in [0.05, 0.1) is 7.11 Å². The maximum Gasteiger partial charge on any atom is 0.165 e. The van der Waals surface area contributed by atoms with Crippen LogP contribution in [0.5, 0.6) is 5.75 Å². The molecule has 0 aromatic heterocycles. The fourth-order valence-corrected chi connectivity index (χ4v) is 4.03. The van der Waals surface area contributed by atoms with E-state index in [9.17, 15) is 4.39 Å². The third-order valence-electron chi connectivity index (χ3n) is 4.83. The summed E-state index contributed by atoms with van der Waals surface area (Å²) in [5, 5.41) is 0. The Morgan fingerprint density at radius 2 is 2.00 bits per heavy atom. The Morgan fingerprint density at radius 1 is 1.29 bits per heavy atom. The lowest BCUT2D eigenvalue weighted by molar-refractivity contribution is 0.146. The van der Waals surface area contributed by atoms with Crippen molar-refractivity contribution in [1.82, 2.24) is 0 Å². The van der Waals surface area contributed by atoms with Gasteiger partial charge in [0.1, 0.15) is 0 Å². The van der Waals surface area contributed by atoms with Gasteiger partial charge in [-0.25, -0.2) is 4.39 Å². The van der Waals surface area contributed by atoms with Crippen LogP contribution in [0.3, 0.4) is 0 Å². The van der Waals surface area contributed by atoms with Crippen LogP contribution in [0.15, 0.2) is 18.2 Å². The minimum Gasteiger partial charge on any atom is -0.494 e. The lowest BCUT2D eigenvalue weighted by atomic mass is 9.68. The summed E-state index contributed by atoms with van der Waals surface area (Å²) in [6.07, 6.45) is 4.65. The average Bonchev–Trinajstić information content (AvgIpc) is 2.40. The van der Waals surface area contributed by atoms with Gasteiger partial charge in [0.2, 0.25) is 0 Å². The number of halogens is 2. The standard InChI is InChI=1S/C18H26BrFO/c1-18(2,3)14-6-7-15(19)13(11-14)9-12-5-8-17(21-4)16(20)10-12/h5,8,10,13-15H,6-7,9,11H2,1-4H3. The van der Waals surface area contributed by atoms with E-state index in [0.29, 0.717) is 21.9 Å². The van der Waals surface area contributed by atoms with Crippen LogP contribution in [0.2, 0.25) is 0 Å². The van der Waals surface area contributed by atoms with E-state index in [1.165, 1.54) is 26.4 Å². The molecule has 0 aliphatic heterocycles. The molecule has 1 nitrogen and oxygen atoms in total. The van der Waals surface area contributed by atoms with Gasteiger partial charge in [0.25, 0.3) is 0 Å². The minimum atomic E-state index is -0.260. The molecule has 0 N–H and O–H groups in total. The molecule has 3 atom stereocenters. The van der Waals surface area contributed by atoms with Gasteiger partial charge in [0.15, 0.2) is 11.6 Å². The number of hydrogen-bond donors (Lipinski definition) is 0. The predicted molar refractivity (Wildman–Crippen MR) is 89.7 cm³/mol. The first kappa shape index (κ1) is 16.8. The molecule has 1 aliphatic rings. The zero-order valence-corrected chi connectivity index (χ0v) is 15.0. The number of ether oxygens (including phenoxy) is 1. The quantitative estimate of drug-likeness (QED) is 0.640. The summed E-state index contributed by atoms with van der Waals surface area (Å²) < 4.78 is 18.8. The van der Waals surface area contributed by atoms with Crippen molar-refractivity contribution in [3.8, 4) is 5.75 Å². The normalized spacial score (nSPS) is 26.7. The Morgan fingerprint density at radius 3 is 2.57 bits per heavy atom. The highest BCUT2D eigenvalue weighted by Gasteiger charge is 2.34. The predicted octanol–water partition coefficient (Wildman–Crippen LogP) is 5.60. The monoisotopic (exact) mass is 356 g/mol. The van der Waals surface area contributed by atoms with E-state index in [0.717, 1.165) is 17.9 Å². The van der Waals surface area contributed by atoms with E-state index < -0.39 is 0 Å². The van der Waals surface area contributed by atoms with E-state index in [4.69, 9.17) is 4.74 Å². The van der Waals surface area contributed by atoms with Crippen LogP contribution < -0.4 is 4.74 Å². The van der Waals surface area contributed by atoms with E-state index in [-0.39, 0.29) is 5.82 Å². The highest BCUT2D eigenvalue weighted by molar-refractivity contribution is 9.09. The summed E-state index contributed by atoms with van der Waals surface area (Å²) in [5.74, 6) is 1.39. The SMILES string of the molecule is COc1ccc(CC2CC(C(C)(C)C)CCC2Br)cc1F. The maximum absolute atomic E-state index is 13.8. The summed E-state index contributed by atoms with van der Waals surface area (Å²) in [4.78, 5) is 0.543. The topological polar surface area (TPSA) is 9.23 Å². The molecule has 118 valence electrons. The maximum atomic E-state index is 13.8. The Balaban J connectivity index is 2.08. The first-order chi connectivity index (χ1) is 9.81. The van der Waals surface area contributed by atoms with Gasteiger partial charge < -0.3 is 4.74 Å². The molecule has 1 aromatic rings. The summed E-state index contributed by atoms with van der Waals surface area (Å²) in [7, 11) is 1.50. The van der Waals surface area contributed by atoms with Crippen molar-refractivity contribution in [3.05, 3.63) is 29.6 Å². The third kappa shape index (κ3) is 4.21. The van der Waals surface area contributed by atoms with E-state index in [1.807, 2.05) is 6.07 Å². The van der Waals surface area contributed by atoms with Gasteiger partial charge >= 0.3 is 0 Å². The zero-order valence-electron chi connectivity index (χ0n) is 13.5. The van der Waals surface area contributed by atoms with Crippen molar-refractivity contribution in [2.75, 3.05) is 7.11 Å². The van der Waals surface area contributed by atoms with Crippen LogP contribution in [-0.2, 0) is 6.42 Å². The molecule has 0 radical (unpaired) electrons. The van der Waals surface area contributed by atoms with Crippen LogP contribution in [-0.4, -0.2) is 11.9 Å². The summed E-state index contributed by atoms with van der Waals surface area (Å²) in [6.45, 7) is 6.99. The van der Waals surface area contributed by atoms with Crippen molar-refractivity contribution in [1.29, 1.82) is 0 Å². The van der Waals surface area contributed by atoms with Gasteiger partial charge in [-0.2, -0.15) is 0 Å². The van der Waals surface area contributed by atoms with Gasteiger partial charge in [0, 0.05) is 4.83 Å². The fraction of sp³-hybridized carbons (Fsp3) is 0.667. The molecule has 3 heteroatoms. The molecule has 0 saturated heterocycles. The Labute approximate surface area is 136 Å². The lowest BCUT2D eigenvalue weighted by Gasteiger charge is -2.40. The van der Waals surface area contributed by atoms with Gasteiger partial charge in [-0.1, -0.05) is 42.8 Å². The molecular formula is C18H26BrFO. The molecule has 0 spiro atoms. The minimum absolute atomic E-state index is 0.260. The first-order valence-electron chi connectivity index (χ1n) is 7.77. The molecule has 2 rings (SSSR count). The molecule has 1 fully saturated rings. The second kappa shape index (κ2) is 6.68. The highest BCUT2D eigenvalue weighted by atomic mass is 79.9. The van der Waals surface area contributed by atoms with Crippen LogP contribution in [0.4, 0.5) is 4.39 Å². The van der Waals surface area contributed by atoms with Crippen LogP contribution in [0.1, 0.15) is 45.6 Å². The second-order valence-corrected chi connectivity index (χ2v) is 8.50. The molecule has 21 heavy (non-hydrogen) atoms. The molecule has 0 amide bonds. The van der Waals surface area contributed by atoms with Gasteiger partial charge in [-0.05, 0) is 60.6 Å². The highest BCUT2D eigenvalue weighted by Crippen LogP contribution is 2.43. The van der Waals surface area contributed by atoms with Crippen molar-refractivity contribution in [2.45, 2.75) is 51.3 Å². The first-order valence-corrected chi connectivity index (χ1v) is 8.69. The van der Waals surface area contributed by atoms with Crippen molar-refractivity contribution in [3.63, 3.8) is 0 Å².